The van der Waals surface area contributed by atoms with Gasteiger partial charge in [-0.25, -0.2) is 0 Å². The molecule has 0 saturated heterocycles. The predicted molar refractivity (Wildman–Crippen MR) is 51.6 cm³/mol. The van der Waals surface area contributed by atoms with Crippen LogP contribution in [0.5, 0.6) is 0 Å². The smallest absolute Gasteiger partial charge is 0.309 e. The summed E-state index contributed by atoms with van der Waals surface area (Å²) in [6.45, 7) is 3.70. The van der Waals surface area contributed by atoms with E-state index >= 15 is 0 Å². The van der Waals surface area contributed by atoms with Gasteiger partial charge in [0.05, 0.1) is 27.1 Å². The lowest BCUT2D eigenvalue weighted by molar-refractivity contribution is -0.140. The molecule has 0 unspecified atom stereocenters. The van der Waals surface area contributed by atoms with Crippen LogP contribution >= 0.6 is 0 Å². The van der Waals surface area contributed by atoms with E-state index in [0.717, 1.165) is 11.1 Å². The van der Waals surface area contributed by atoms with Crippen LogP contribution in [0.1, 0.15) is 26.7 Å². The van der Waals surface area contributed by atoms with Crippen molar-refractivity contribution >= 4 is 11.9 Å². The Bertz CT molecular complexity index is 229. The van der Waals surface area contributed by atoms with Crippen LogP contribution < -0.4 is 0 Å². The first kappa shape index (κ1) is 12.7. The summed E-state index contributed by atoms with van der Waals surface area (Å²) >= 11 is 0. The van der Waals surface area contributed by atoms with E-state index in [1.54, 1.807) is 0 Å². The number of carbonyl (C=O) groups is 2. The highest BCUT2D eigenvalue weighted by Crippen LogP contribution is 2.14. The molecular formula is C10H16O4. The van der Waals surface area contributed by atoms with Gasteiger partial charge < -0.3 is 9.47 Å². The quantitative estimate of drug-likeness (QED) is 0.509. The monoisotopic (exact) mass is 200 g/mol. The molecule has 0 aliphatic heterocycles. The maximum atomic E-state index is 11.0. The van der Waals surface area contributed by atoms with Gasteiger partial charge in [-0.1, -0.05) is 5.57 Å². The zero-order valence-corrected chi connectivity index (χ0v) is 9.05. The Morgan fingerprint density at radius 3 is 1.50 bits per heavy atom. The van der Waals surface area contributed by atoms with Crippen LogP contribution in [-0.4, -0.2) is 26.2 Å². The SMILES string of the molecule is COC(=O)CC(CC(=O)OC)=C(C)C. The maximum Gasteiger partial charge on any atom is 0.309 e. The van der Waals surface area contributed by atoms with Crippen LogP contribution in [0.4, 0.5) is 0 Å². The van der Waals surface area contributed by atoms with Gasteiger partial charge in [0.2, 0.25) is 0 Å². The topological polar surface area (TPSA) is 52.6 Å². The third kappa shape index (κ3) is 4.64. The third-order valence-corrected chi connectivity index (χ3v) is 1.88. The molecule has 0 amide bonds. The summed E-state index contributed by atoms with van der Waals surface area (Å²) < 4.78 is 9.04. The first-order valence-corrected chi connectivity index (χ1v) is 4.30. The summed E-state index contributed by atoms with van der Waals surface area (Å²) in [7, 11) is 2.65. The summed E-state index contributed by atoms with van der Waals surface area (Å²) in [6, 6.07) is 0. The number of allylic oxidation sites excluding steroid dienone is 1. The van der Waals surface area contributed by atoms with Crippen molar-refractivity contribution in [2.45, 2.75) is 26.7 Å². The molecular weight excluding hydrogens is 184 g/mol. The van der Waals surface area contributed by atoms with Gasteiger partial charge in [0.25, 0.3) is 0 Å². The molecule has 0 atom stereocenters. The number of hydrogen-bond donors (Lipinski definition) is 0. The Morgan fingerprint density at radius 1 is 0.929 bits per heavy atom. The molecule has 0 fully saturated rings. The van der Waals surface area contributed by atoms with Gasteiger partial charge in [-0.2, -0.15) is 0 Å². The minimum Gasteiger partial charge on any atom is -0.469 e. The minimum atomic E-state index is -0.342. The second-order valence-electron chi connectivity index (χ2n) is 3.11. The van der Waals surface area contributed by atoms with E-state index in [4.69, 9.17) is 0 Å². The molecule has 4 nitrogen and oxygen atoms in total. The molecule has 14 heavy (non-hydrogen) atoms. The Kier molecular flexibility index (Phi) is 5.60. The van der Waals surface area contributed by atoms with Crippen molar-refractivity contribution in [3.8, 4) is 0 Å². The highest BCUT2D eigenvalue weighted by molar-refractivity contribution is 5.77. The zero-order chi connectivity index (χ0) is 11.1. The standard InChI is InChI=1S/C10H16O4/c1-7(2)8(5-9(11)13-3)6-10(12)14-4/h5-6H2,1-4H3. The number of esters is 2. The molecule has 80 valence electrons. The molecule has 0 aromatic heterocycles. The van der Waals surface area contributed by atoms with E-state index in [1.807, 2.05) is 13.8 Å². The number of rotatable bonds is 4. The second-order valence-corrected chi connectivity index (χ2v) is 3.11. The average molecular weight is 200 g/mol. The van der Waals surface area contributed by atoms with Crippen molar-refractivity contribution in [2.75, 3.05) is 14.2 Å². The molecule has 0 radical (unpaired) electrons. The molecule has 0 bridgehead atoms. The van der Waals surface area contributed by atoms with Gasteiger partial charge >= 0.3 is 11.9 Å². The Balaban J connectivity index is 4.41. The fourth-order valence-corrected chi connectivity index (χ4v) is 0.909. The van der Waals surface area contributed by atoms with Gasteiger partial charge in [0.1, 0.15) is 0 Å². The number of methoxy groups -OCH3 is 2. The molecule has 0 aliphatic rings. The van der Waals surface area contributed by atoms with E-state index in [2.05, 4.69) is 9.47 Å². The molecule has 0 N–H and O–H groups in total. The van der Waals surface area contributed by atoms with Crippen LogP contribution in [0.15, 0.2) is 11.1 Å². The summed E-state index contributed by atoms with van der Waals surface area (Å²) in [4.78, 5) is 22.0. The van der Waals surface area contributed by atoms with E-state index in [9.17, 15) is 9.59 Å². The lowest BCUT2D eigenvalue weighted by atomic mass is 10.0. The molecule has 0 aromatic carbocycles. The number of hydrogen-bond acceptors (Lipinski definition) is 4. The van der Waals surface area contributed by atoms with Crippen molar-refractivity contribution in [1.82, 2.24) is 0 Å². The van der Waals surface area contributed by atoms with E-state index in [1.165, 1.54) is 14.2 Å². The van der Waals surface area contributed by atoms with E-state index in [0.29, 0.717) is 0 Å². The summed E-state index contributed by atoms with van der Waals surface area (Å²) in [6.07, 6.45) is 0.294. The molecule has 0 spiro atoms. The van der Waals surface area contributed by atoms with Crippen LogP contribution in [0.25, 0.3) is 0 Å². The normalized spacial score (nSPS) is 9.14. The molecule has 4 heteroatoms. The lowest BCUT2D eigenvalue weighted by Crippen LogP contribution is -2.08. The lowest BCUT2D eigenvalue weighted by Gasteiger charge is -2.07. The molecule has 0 rings (SSSR count). The van der Waals surface area contributed by atoms with Crippen molar-refractivity contribution in [3.63, 3.8) is 0 Å². The van der Waals surface area contributed by atoms with Crippen molar-refractivity contribution in [1.29, 1.82) is 0 Å². The third-order valence-electron chi connectivity index (χ3n) is 1.88. The fourth-order valence-electron chi connectivity index (χ4n) is 0.909. The summed E-state index contributed by atoms with van der Waals surface area (Å²) in [5.41, 5.74) is 1.70. The van der Waals surface area contributed by atoms with Crippen molar-refractivity contribution in [3.05, 3.63) is 11.1 Å². The van der Waals surface area contributed by atoms with Gasteiger partial charge in [-0.15, -0.1) is 0 Å². The van der Waals surface area contributed by atoms with Crippen molar-refractivity contribution < 1.29 is 19.1 Å². The molecule has 0 aromatic rings. The highest BCUT2D eigenvalue weighted by Gasteiger charge is 2.12. The first-order chi connectivity index (χ1) is 6.51. The van der Waals surface area contributed by atoms with E-state index < -0.39 is 0 Å². The van der Waals surface area contributed by atoms with Gasteiger partial charge in [-0.05, 0) is 19.4 Å². The second kappa shape index (κ2) is 6.18. The first-order valence-electron chi connectivity index (χ1n) is 4.30. The molecule has 0 saturated carbocycles. The van der Waals surface area contributed by atoms with Gasteiger partial charge in [0.15, 0.2) is 0 Å². The molecule has 0 aliphatic carbocycles. The highest BCUT2D eigenvalue weighted by atomic mass is 16.5. The maximum absolute atomic E-state index is 11.0. The van der Waals surface area contributed by atoms with Crippen LogP contribution in [0.3, 0.4) is 0 Å². The Hall–Kier alpha value is -1.32. The van der Waals surface area contributed by atoms with E-state index in [-0.39, 0.29) is 24.8 Å². The van der Waals surface area contributed by atoms with Crippen LogP contribution in [-0.2, 0) is 19.1 Å². The van der Waals surface area contributed by atoms with Crippen LogP contribution in [0, 0.1) is 0 Å². The largest absolute Gasteiger partial charge is 0.469 e. The predicted octanol–water partition coefficient (Wildman–Crippen LogP) is 1.45. The summed E-state index contributed by atoms with van der Waals surface area (Å²) in [5.74, 6) is -0.685. The number of ether oxygens (including phenoxy) is 2. The zero-order valence-electron chi connectivity index (χ0n) is 9.05. The molecule has 0 heterocycles. The average Bonchev–Trinajstić information content (AvgIpc) is 2.16. The van der Waals surface area contributed by atoms with Crippen molar-refractivity contribution in [2.24, 2.45) is 0 Å². The Morgan fingerprint density at radius 2 is 1.29 bits per heavy atom. The van der Waals surface area contributed by atoms with Crippen LogP contribution in [0.2, 0.25) is 0 Å². The minimum absolute atomic E-state index is 0.147. The van der Waals surface area contributed by atoms with Gasteiger partial charge in [0, 0.05) is 0 Å². The number of carbonyl (C=O) groups excluding carboxylic acids is 2. The fraction of sp³-hybridized carbons (Fsp3) is 0.600. The van der Waals surface area contributed by atoms with Gasteiger partial charge in [-0.3, -0.25) is 9.59 Å². The Labute approximate surface area is 83.9 Å². The summed E-state index contributed by atoms with van der Waals surface area (Å²) in [5, 5.41) is 0.